The number of sulfonamides is 1. The largest absolute Gasteiger partial charge is 0.490 e. The first kappa shape index (κ1) is 35.0. The number of aliphatic carboxylic acids is 1. The summed E-state index contributed by atoms with van der Waals surface area (Å²) in [6, 6.07) is 11.9. The second kappa shape index (κ2) is 13.3. The van der Waals surface area contributed by atoms with Crippen LogP contribution in [0.15, 0.2) is 70.0 Å². The van der Waals surface area contributed by atoms with Crippen molar-refractivity contribution in [3.8, 4) is 5.75 Å². The lowest BCUT2D eigenvalue weighted by atomic mass is 9.95. The number of rotatable bonds is 8. The molecule has 3 fully saturated rings. The number of nitrogens with zero attached hydrogens (tertiary/aromatic N) is 1. The van der Waals surface area contributed by atoms with Gasteiger partial charge in [0.05, 0.1) is 11.0 Å². The van der Waals surface area contributed by atoms with Crippen LogP contribution in [0.3, 0.4) is 0 Å². The summed E-state index contributed by atoms with van der Waals surface area (Å²) in [5.41, 5.74) is 5.68. The first-order valence-corrected chi connectivity index (χ1v) is 17.0. The highest BCUT2D eigenvalue weighted by atomic mass is 79.9. The van der Waals surface area contributed by atoms with E-state index in [1.54, 1.807) is 18.2 Å². The Labute approximate surface area is 275 Å². The number of carbonyl (C=O) groups is 2. The van der Waals surface area contributed by atoms with Gasteiger partial charge in [-0.25, -0.2) is 13.2 Å². The molecule has 0 aromatic heterocycles. The van der Waals surface area contributed by atoms with E-state index in [0.29, 0.717) is 41.3 Å². The quantitative estimate of drug-likeness (QED) is 0.252. The summed E-state index contributed by atoms with van der Waals surface area (Å²) in [6.45, 7) is 0. The van der Waals surface area contributed by atoms with Crippen molar-refractivity contribution in [1.29, 1.82) is 0 Å². The maximum absolute atomic E-state index is 16.1. The van der Waals surface area contributed by atoms with E-state index >= 15 is 8.78 Å². The van der Waals surface area contributed by atoms with Crippen LogP contribution in [-0.2, 0) is 25.5 Å². The van der Waals surface area contributed by atoms with E-state index < -0.39 is 45.6 Å². The molecule has 3 aliphatic rings. The number of ether oxygens (including phenoxy) is 1. The number of fused-ring (bicyclic) bond motifs is 3. The van der Waals surface area contributed by atoms with Gasteiger partial charge in [0.2, 0.25) is 15.9 Å². The predicted molar refractivity (Wildman–Crippen MR) is 164 cm³/mol. The molecule has 254 valence electrons. The average molecular weight is 749 g/mol. The van der Waals surface area contributed by atoms with Crippen LogP contribution < -0.4 is 15.2 Å². The molecule has 3 atom stereocenters. The number of hydrogen-bond acceptors (Lipinski definition) is 6. The van der Waals surface area contributed by atoms with Gasteiger partial charge in [-0.05, 0) is 85.7 Å². The van der Waals surface area contributed by atoms with Gasteiger partial charge in [0, 0.05) is 28.2 Å². The Morgan fingerprint density at radius 2 is 1.47 bits per heavy atom. The number of hydrogen-bond donors (Lipinski definition) is 3. The van der Waals surface area contributed by atoms with Gasteiger partial charge in [0.25, 0.3) is 5.92 Å². The van der Waals surface area contributed by atoms with Crippen LogP contribution in [0.25, 0.3) is 10.8 Å². The molecule has 2 aliphatic heterocycles. The number of nitrogens with two attached hydrogens (primary N) is 1. The standard InChI is InChI=1S/C29H30BrF2N3O4S.C2HF3O2/c30-20-5-3-19(4-6-20)29(31,32)27(28(36)35-22-7-8-23(35)16-21(33)15-22)34-40(37,38)26-12-2-17-13-25(39-24-10-11-24)9-1-18(17)14-26;3-2(4,5)1(6)7/h1-6,9,12-14,21-24,27,34H,7-8,10-11,15-16,33H2;(H,6,7)/t21?,22?,23?,27-;/m0./s1. The molecule has 2 saturated heterocycles. The summed E-state index contributed by atoms with van der Waals surface area (Å²) < 4.78 is 99.7. The van der Waals surface area contributed by atoms with Crippen molar-refractivity contribution in [3.05, 3.63) is 70.7 Å². The average Bonchev–Trinajstić information content (AvgIpc) is 3.77. The SMILES string of the molecule is NC1CC2CCC(C1)N2C(=O)[C@H](NS(=O)(=O)c1ccc2cc(OC3CC3)ccc2c1)C(F)(F)c1ccc(Br)cc1.O=C(O)C(F)(F)F. The summed E-state index contributed by atoms with van der Waals surface area (Å²) in [7, 11) is -4.52. The van der Waals surface area contributed by atoms with E-state index in [0.717, 1.165) is 18.2 Å². The molecular formula is C31H31BrF5N3O6S. The summed E-state index contributed by atoms with van der Waals surface area (Å²) in [4.78, 5) is 24.0. The Morgan fingerprint density at radius 3 is 2.02 bits per heavy atom. The van der Waals surface area contributed by atoms with E-state index in [1.807, 2.05) is 6.07 Å². The molecule has 1 amide bonds. The van der Waals surface area contributed by atoms with E-state index in [2.05, 4.69) is 20.7 Å². The van der Waals surface area contributed by atoms with Crippen molar-refractivity contribution in [3.63, 3.8) is 0 Å². The minimum Gasteiger partial charge on any atom is -0.490 e. The Hall–Kier alpha value is -3.34. The number of benzene rings is 3. The van der Waals surface area contributed by atoms with Crippen molar-refractivity contribution < 1.29 is 49.8 Å². The summed E-state index contributed by atoms with van der Waals surface area (Å²) in [5.74, 6) is -6.82. The van der Waals surface area contributed by atoms with Gasteiger partial charge in [-0.2, -0.15) is 26.7 Å². The lowest BCUT2D eigenvalue weighted by Crippen LogP contribution is -2.60. The van der Waals surface area contributed by atoms with Gasteiger partial charge >= 0.3 is 12.1 Å². The minimum atomic E-state index is -5.08. The fourth-order valence-electron chi connectivity index (χ4n) is 5.89. The van der Waals surface area contributed by atoms with Crippen LogP contribution in [0, 0.1) is 0 Å². The van der Waals surface area contributed by atoms with Crippen molar-refractivity contribution in [2.75, 3.05) is 0 Å². The van der Waals surface area contributed by atoms with Gasteiger partial charge in [-0.15, -0.1) is 0 Å². The highest BCUT2D eigenvalue weighted by molar-refractivity contribution is 9.10. The third-order valence-corrected chi connectivity index (χ3v) is 10.2. The van der Waals surface area contributed by atoms with E-state index in [4.69, 9.17) is 20.4 Å². The van der Waals surface area contributed by atoms with Gasteiger partial charge in [0.15, 0.2) is 6.04 Å². The fraction of sp³-hybridized carbons (Fsp3) is 0.419. The van der Waals surface area contributed by atoms with Crippen LogP contribution in [0.2, 0.25) is 0 Å². The topological polar surface area (TPSA) is 139 Å². The van der Waals surface area contributed by atoms with E-state index in [9.17, 15) is 26.4 Å². The van der Waals surface area contributed by atoms with E-state index in [1.165, 1.54) is 41.3 Å². The number of alkyl halides is 5. The van der Waals surface area contributed by atoms with Crippen LogP contribution >= 0.6 is 15.9 Å². The van der Waals surface area contributed by atoms with Crippen LogP contribution in [0.1, 0.15) is 44.1 Å². The molecule has 2 unspecified atom stereocenters. The lowest BCUT2D eigenvalue weighted by molar-refractivity contribution is -0.192. The number of piperidine rings is 1. The van der Waals surface area contributed by atoms with Crippen LogP contribution in [0.4, 0.5) is 22.0 Å². The zero-order chi connectivity index (χ0) is 34.3. The lowest BCUT2D eigenvalue weighted by Gasteiger charge is -2.41. The van der Waals surface area contributed by atoms with Crippen molar-refractivity contribution >= 4 is 48.6 Å². The predicted octanol–water partition coefficient (Wildman–Crippen LogP) is 5.70. The second-order valence-electron chi connectivity index (χ2n) is 11.8. The molecular weight excluding hydrogens is 717 g/mol. The first-order valence-electron chi connectivity index (χ1n) is 14.7. The number of carboxylic acid groups (broad SMARTS) is 1. The molecule has 1 saturated carbocycles. The summed E-state index contributed by atoms with van der Waals surface area (Å²) in [6.07, 6.45) is -0.524. The van der Waals surface area contributed by atoms with Crippen molar-refractivity contribution in [1.82, 2.24) is 9.62 Å². The van der Waals surface area contributed by atoms with Crippen molar-refractivity contribution in [2.24, 2.45) is 5.73 Å². The molecule has 3 aromatic carbocycles. The zero-order valence-electron chi connectivity index (χ0n) is 24.6. The molecule has 47 heavy (non-hydrogen) atoms. The Bertz CT molecular complexity index is 1740. The number of carboxylic acids is 1. The van der Waals surface area contributed by atoms with Crippen LogP contribution in [-0.4, -0.2) is 66.7 Å². The van der Waals surface area contributed by atoms with Gasteiger partial charge in [-0.3, -0.25) is 4.79 Å². The molecule has 16 heteroatoms. The Morgan fingerprint density at radius 1 is 0.915 bits per heavy atom. The highest BCUT2D eigenvalue weighted by Gasteiger charge is 2.53. The third-order valence-electron chi connectivity index (χ3n) is 8.30. The molecule has 9 nitrogen and oxygen atoms in total. The maximum atomic E-state index is 16.1. The first-order chi connectivity index (χ1) is 22.0. The molecule has 0 spiro atoms. The zero-order valence-corrected chi connectivity index (χ0v) is 27.0. The number of amides is 1. The van der Waals surface area contributed by atoms with Crippen LogP contribution in [0.5, 0.6) is 5.75 Å². The third kappa shape index (κ3) is 8.04. The summed E-state index contributed by atoms with van der Waals surface area (Å²) in [5, 5.41) is 8.49. The number of carbonyl (C=O) groups excluding carboxylic acids is 1. The van der Waals surface area contributed by atoms with Gasteiger partial charge in [-0.1, -0.05) is 40.2 Å². The highest BCUT2D eigenvalue weighted by Crippen LogP contribution is 2.40. The van der Waals surface area contributed by atoms with Crippen molar-refractivity contribution in [2.45, 2.75) is 85.8 Å². The monoisotopic (exact) mass is 747 g/mol. The number of halogens is 6. The maximum Gasteiger partial charge on any atom is 0.490 e. The molecule has 0 radical (unpaired) electrons. The normalized spacial score (nSPS) is 21.9. The van der Waals surface area contributed by atoms with Gasteiger partial charge < -0.3 is 20.5 Å². The Kier molecular flexibility index (Phi) is 9.89. The second-order valence-corrected chi connectivity index (χ2v) is 14.5. The minimum absolute atomic E-state index is 0.114. The molecule has 4 N–H and O–H groups in total. The fourth-order valence-corrected chi connectivity index (χ4v) is 7.38. The molecule has 2 heterocycles. The summed E-state index contributed by atoms with van der Waals surface area (Å²) >= 11 is 3.24. The Balaban J connectivity index is 0.000000559. The molecule has 1 aliphatic carbocycles. The number of nitrogens with one attached hydrogen (secondary N) is 1. The molecule has 2 bridgehead atoms. The molecule has 6 rings (SSSR count). The smallest absolute Gasteiger partial charge is 0.490 e. The molecule has 3 aromatic rings. The van der Waals surface area contributed by atoms with E-state index in [-0.39, 0.29) is 29.1 Å². The van der Waals surface area contributed by atoms with Gasteiger partial charge in [0.1, 0.15) is 5.75 Å².